The number of nitrogens with zero attached hydrogens (tertiary/aromatic N) is 1. The Hall–Kier alpha value is -3.87. The van der Waals surface area contributed by atoms with Gasteiger partial charge < -0.3 is 19.9 Å². The van der Waals surface area contributed by atoms with Crippen LogP contribution in [-0.4, -0.2) is 32.5 Å². The Kier molecular flexibility index (Phi) is 4.18. The van der Waals surface area contributed by atoms with Crippen LogP contribution in [0.1, 0.15) is 29.0 Å². The smallest absolute Gasteiger partial charge is 0.418 e. The molecule has 1 aliphatic rings. The van der Waals surface area contributed by atoms with E-state index in [1.807, 2.05) is 42.5 Å². The van der Waals surface area contributed by atoms with Crippen LogP contribution < -0.4 is 0 Å². The van der Waals surface area contributed by atoms with Gasteiger partial charge in [-0.15, -0.1) is 0 Å². The first-order chi connectivity index (χ1) is 15.6. The zero-order valence-electron chi connectivity index (χ0n) is 17.0. The SMILES string of the molecule is O=C(OCC1c2ccccc2-c2ccccc21)n1ccc2c3cc(C(O)O)[nH]c3ccc21. The van der Waals surface area contributed by atoms with Crippen molar-refractivity contribution in [2.45, 2.75) is 12.2 Å². The molecular weight excluding hydrogens is 404 g/mol. The highest BCUT2D eigenvalue weighted by atomic mass is 16.5. The number of nitrogens with one attached hydrogen (secondary N) is 1. The van der Waals surface area contributed by atoms with Crippen molar-refractivity contribution in [1.29, 1.82) is 0 Å². The lowest BCUT2D eigenvalue weighted by atomic mass is 9.98. The molecule has 5 aromatic rings. The number of aromatic nitrogens is 2. The van der Waals surface area contributed by atoms with Crippen LogP contribution >= 0.6 is 0 Å². The predicted molar refractivity (Wildman–Crippen MR) is 121 cm³/mol. The molecule has 32 heavy (non-hydrogen) atoms. The Morgan fingerprint density at radius 3 is 2.31 bits per heavy atom. The fourth-order valence-corrected chi connectivity index (χ4v) is 4.81. The number of H-pyrrole nitrogens is 1. The van der Waals surface area contributed by atoms with Crippen molar-refractivity contribution in [3.05, 3.63) is 95.8 Å². The lowest BCUT2D eigenvalue weighted by Crippen LogP contribution is -2.17. The van der Waals surface area contributed by atoms with E-state index in [0.29, 0.717) is 11.2 Å². The molecule has 0 amide bonds. The number of carbonyl (C=O) groups excluding carboxylic acids is 1. The minimum Gasteiger partial charge on any atom is -0.448 e. The van der Waals surface area contributed by atoms with Crippen molar-refractivity contribution in [2.75, 3.05) is 6.61 Å². The van der Waals surface area contributed by atoms with Gasteiger partial charge in [0, 0.05) is 28.4 Å². The van der Waals surface area contributed by atoms with Crippen molar-refractivity contribution in [3.63, 3.8) is 0 Å². The molecule has 158 valence electrons. The number of aliphatic hydroxyl groups is 2. The molecule has 0 radical (unpaired) electrons. The molecule has 0 aliphatic heterocycles. The minimum atomic E-state index is -1.58. The Morgan fingerprint density at radius 1 is 0.938 bits per heavy atom. The lowest BCUT2D eigenvalue weighted by Gasteiger charge is -2.14. The fourth-order valence-electron chi connectivity index (χ4n) is 4.81. The largest absolute Gasteiger partial charge is 0.448 e. The normalized spacial score (nSPS) is 13.1. The van der Waals surface area contributed by atoms with E-state index in [9.17, 15) is 15.0 Å². The van der Waals surface area contributed by atoms with Crippen LogP contribution in [0.4, 0.5) is 4.79 Å². The van der Waals surface area contributed by atoms with Gasteiger partial charge in [-0.2, -0.15) is 0 Å². The molecule has 2 aromatic heterocycles. The molecule has 6 heteroatoms. The van der Waals surface area contributed by atoms with Crippen LogP contribution in [0.2, 0.25) is 0 Å². The molecule has 6 rings (SSSR count). The molecule has 0 spiro atoms. The minimum absolute atomic E-state index is 0.00171. The molecule has 3 aromatic carbocycles. The number of hydrogen-bond donors (Lipinski definition) is 3. The van der Waals surface area contributed by atoms with Crippen LogP contribution in [0, 0.1) is 0 Å². The molecule has 6 nitrogen and oxygen atoms in total. The van der Waals surface area contributed by atoms with E-state index in [2.05, 4.69) is 29.2 Å². The van der Waals surface area contributed by atoms with E-state index in [1.54, 1.807) is 12.3 Å². The number of aromatic amines is 1. The maximum Gasteiger partial charge on any atom is 0.418 e. The van der Waals surface area contributed by atoms with Gasteiger partial charge in [0.2, 0.25) is 0 Å². The zero-order valence-corrected chi connectivity index (χ0v) is 17.0. The van der Waals surface area contributed by atoms with Crippen molar-refractivity contribution in [3.8, 4) is 11.1 Å². The second-order valence-electron chi connectivity index (χ2n) is 8.05. The van der Waals surface area contributed by atoms with Crippen LogP contribution in [-0.2, 0) is 4.74 Å². The molecular formula is C26H20N2O4. The number of rotatable bonds is 3. The van der Waals surface area contributed by atoms with E-state index in [4.69, 9.17) is 4.74 Å². The van der Waals surface area contributed by atoms with Crippen molar-refractivity contribution in [2.24, 2.45) is 0 Å². The first-order valence-electron chi connectivity index (χ1n) is 10.5. The topological polar surface area (TPSA) is 87.5 Å². The summed E-state index contributed by atoms with van der Waals surface area (Å²) in [5, 5.41) is 20.5. The number of hydrogen-bond acceptors (Lipinski definition) is 4. The zero-order chi connectivity index (χ0) is 21.8. The number of carbonyl (C=O) groups is 1. The summed E-state index contributed by atoms with van der Waals surface area (Å²) in [4.78, 5) is 16.0. The third-order valence-corrected chi connectivity index (χ3v) is 6.30. The number of fused-ring (bicyclic) bond motifs is 6. The van der Waals surface area contributed by atoms with Crippen LogP contribution in [0.3, 0.4) is 0 Å². The van der Waals surface area contributed by atoms with E-state index in [0.717, 1.165) is 16.3 Å². The third-order valence-electron chi connectivity index (χ3n) is 6.30. The summed E-state index contributed by atoms with van der Waals surface area (Å²) in [7, 11) is 0. The molecule has 0 unspecified atom stereocenters. The molecule has 0 atom stereocenters. The molecule has 0 saturated heterocycles. The highest BCUT2D eigenvalue weighted by molar-refractivity contribution is 6.08. The number of benzene rings is 3. The third kappa shape index (κ3) is 2.77. The Bertz CT molecular complexity index is 1450. The molecule has 0 bridgehead atoms. The van der Waals surface area contributed by atoms with Gasteiger partial charge in [0.25, 0.3) is 0 Å². The van der Waals surface area contributed by atoms with E-state index >= 15 is 0 Å². The Morgan fingerprint density at radius 2 is 1.62 bits per heavy atom. The second-order valence-corrected chi connectivity index (χ2v) is 8.05. The average Bonchev–Trinajstić information content (AvgIpc) is 3.51. The predicted octanol–water partition coefficient (Wildman–Crippen LogP) is 4.90. The van der Waals surface area contributed by atoms with Crippen molar-refractivity contribution in [1.82, 2.24) is 9.55 Å². The number of ether oxygens (including phenoxy) is 1. The molecule has 2 heterocycles. The van der Waals surface area contributed by atoms with Gasteiger partial charge >= 0.3 is 6.09 Å². The summed E-state index contributed by atoms with van der Waals surface area (Å²) in [6.07, 6.45) is -0.341. The van der Waals surface area contributed by atoms with Crippen LogP contribution in [0.5, 0.6) is 0 Å². The second kappa shape index (κ2) is 7.09. The van der Waals surface area contributed by atoms with Gasteiger partial charge in [-0.05, 0) is 46.5 Å². The van der Waals surface area contributed by atoms with E-state index in [1.165, 1.54) is 26.8 Å². The summed E-state index contributed by atoms with van der Waals surface area (Å²) in [5.74, 6) is -0.00171. The maximum absolute atomic E-state index is 13.0. The summed E-state index contributed by atoms with van der Waals surface area (Å²) in [6, 6.07) is 23.6. The van der Waals surface area contributed by atoms with Crippen molar-refractivity contribution < 1.29 is 19.7 Å². The molecule has 1 aliphatic carbocycles. The standard InChI is InChI=1S/C26H20N2O4/c29-25(30)23-13-20-19-11-12-28(24(19)10-9-22(20)27-23)26(31)32-14-21-17-7-3-1-5-15(17)16-6-2-4-8-18(16)21/h1-13,21,25,27,29-30H,14H2. The van der Waals surface area contributed by atoms with Gasteiger partial charge in [-0.3, -0.25) is 4.57 Å². The average molecular weight is 424 g/mol. The molecule has 0 fully saturated rings. The quantitative estimate of drug-likeness (QED) is 0.360. The summed E-state index contributed by atoms with van der Waals surface area (Å²) in [5.41, 5.74) is 6.49. The Balaban J connectivity index is 1.31. The first kappa shape index (κ1) is 18.9. The van der Waals surface area contributed by atoms with Gasteiger partial charge in [-0.1, -0.05) is 48.5 Å². The van der Waals surface area contributed by atoms with Gasteiger partial charge in [0.1, 0.15) is 6.61 Å². The number of aliphatic hydroxyl groups excluding tert-OH is 1. The fraction of sp³-hybridized carbons (Fsp3) is 0.115. The van der Waals surface area contributed by atoms with Crippen molar-refractivity contribution >= 4 is 27.9 Å². The molecule has 0 saturated carbocycles. The first-order valence-corrected chi connectivity index (χ1v) is 10.5. The van der Waals surface area contributed by atoms with Crippen LogP contribution in [0.25, 0.3) is 32.9 Å². The monoisotopic (exact) mass is 424 g/mol. The van der Waals surface area contributed by atoms with Gasteiger partial charge in [-0.25, -0.2) is 4.79 Å². The summed E-state index contributed by atoms with van der Waals surface area (Å²) >= 11 is 0. The van der Waals surface area contributed by atoms with Gasteiger partial charge in [0.05, 0.1) is 11.2 Å². The molecule has 3 N–H and O–H groups in total. The summed E-state index contributed by atoms with van der Waals surface area (Å²) < 4.78 is 7.27. The van der Waals surface area contributed by atoms with Gasteiger partial charge in [0.15, 0.2) is 6.29 Å². The highest BCUT2D eigenvalue weighted by Crippen LogP contribution is 2.44. The lowest BCUT2D eigenvalue weighted by molar-refractivity contribution is -0.0453. The van der Waals surface area contributed by atoms with E-state index in [-0.39, 0.29) is 12.5 Å². The van der Waals surface area contributed by atoms with Crippen LogP contribution in [0.15, 0.2) is 79.0 Å². The maximum atomic E-state index is 13.0. The summed E-state index contributed by atoms with van der Waals surface area (Å²) in [6.45, 7) is 0.250. The Labute approximate surface area is 183 Å². The van der Waals surface area contributed by atoms with E-state index < -0.39 is 12.4 Å². The highest BCUT2D eigenvalue weighted by Gasteiger charge is 2.29.